The molecular formula is C12H14FN5. The molecule has 1 heterocycles. The van der Waals surface area contributed by atoms with Gasteiger partial charge in [-0.3, -0.25) is 4.98 Å². The monoisotopic (exact) mass is 247 g/mol. The van der Waals surface area contributed by atoms with E-state index in [2.05, 4.69) is 15.4 Å². The minimum atomic E-state index is -0.285. The summed E-state index contributed by atoms with van der Waals surface area (Å²) in [5, 5.41) is 0. The average Bonchev–Trinajstić information content (AvgIpc) is 2.40. The number of aromatic nitrogens is 2. The van der Waals surface area contributed by atoms with Crippen LogP contribution in [0.4, 0.5) is 21.7 Å². The highest BCUT2D eigenvalue weighted by Crippen LogP contribution is 2.23. The van der Waals surface area contributed by atoms with Crippen molar-refractivity contribution in [3.63, 3.8) is 0 Å². The van der Waals surface area contributed by atoms with Crippen LogP contribution in [-0.2, 0) is 0 Å². The Morgan fingerprint density at radius 3 is 2.89 bits per heavy atom. The minimum Gasteiger partial charge on any atom is -0.325 e. The zero-order valence-corrected chi connectivity index (χ0v) is 9.97. The first-order valence-corrected chi connectivity index (χ1v) is 5.56. The Labute approximate surface area is 104 Å². The molecule has 1 aromatic carbocycles. The first-order valence-electron chi connectivity index (χ1n) is 5.56. The van der Waals surface area contributed by atoms with Crippen LogP contribution < -0.4 is 16.2 Å². The molecular weight excluding hydrogens is 233 g/mol. The molecule has 0 atom stereocenters. The molecule has 0 bridgehead atoms. The van der Waals surface area contributed by atoms with E-state index in [4.69, 9.17) is 5.84 Å². The van der Waals surface area contributed by atoms with Crippen LogP contribution in [0.1, 0.15) is 6.92 Å². The maximum absolute atomic E-state index is 13.2. The van der Waals surface area contributed by atoms with Crippen molar-refractivity contribution in [2.75, 3.05) is 16.9 Å². The number of anilines is 3. The molecule has 2 rings (SSSR count). The molecule has 0 aliphatic heterocycles. The second-order valence-corrected chi connectivity index (χ2v) is 3.63. The molecule has 18 heavy (non-hydrogen) atoms. The zero-order chi connectivity index (χ0) is 13.0. The van der Waals surface area contributed by atoms with Crippen molar-refractivity contribution in [2.45, 2.75) is 6.92 Å². The van der Waals surface area contributed by atoms with Gasteiger partial charge in [0.25, 0.3) is 0 Å². The Hall–Kier alpha value is -2.21. The fraction of sp³-hybridized carbons (Fsp3) is 0.167. The number of hydrazine groups is 1. The first kappa shape index (κ1) is 12.3. The lowest BCUT2D eigenvalue weighted by Crippen LogP contribution is -2.19. The quantitative estimate of drug-likeness (QED) is 0.639. The minimum absolute atomic E-state index is 0.285. The number of nitrogens with one attached hydrogen (secondary N) is 1. The number of hydrogen-bond donors (Lipinski definition) is 2. The van der Waals surface area contributed by atoms with Crippen LogP contribution in [0.25, 0.3) is 0 Å². The molecule has 0 amide bonds. The molecule has 0 saturated carbocycles. The van der Waals surface area contributed by atoms with Crippen molar-refractivity contribution in [3.05, 3.63) is 42.5 Å². The second-order valence-electron chi connectivity index (χ2n) is 3.63. The highest BCUT2D eigenvalue weighted by atomic mass is 19.1. The van der Waals surface area contributed by atoms with Crippen LogP contribution in [0, 0.1) is 5.82 Å². The average molecular weight is 247 g/mol. The van der Waals surface area contributed by atoms with Gasteiger partial charge in [-0.2, -0.15) is 0 Å². The third-order valence-corrected chi connectivity index (χ3v) is 2.48. The van der Waals surface area contributed by atoms with Crippen LogP contribution in [0.5, 0.6) is 0 Å². The number of nitrogens with two attached hydrogens (primary N) is 1. The van der Waals surface area contributed by atoms with E-state index in [1.165, 1.54) is 18.3 Å². The van der Waals surface area contributed by atoms with Crippen LogP contribution >= 0.6 is 0 Å². The Morgan fingerprint density at radius 1 is 1.39 bits per heavy atom. The summed E-state index contributed by atoms with van der Waals surface area (Å²) in [6, 6.07) is 6.33. The lowest BCUT2D eigenvalue weighted by Gasteiger charge is -2.22. The van der Waals surface area contributed by atoms with Gasteiger partial charge in [-0.05, 0) is 25.1 Å². The zero-order valence-electron chi connectivity index (χ0n) is 9.97. The first-order chi connectivity index (χ1) is 8.74. The summed E-state index contributed by atoms with van der Waals surface area (Å²) >= 11 is 0. The lowest BCUT2D eigenvalue weighted by atomic mass is 10.3. The summed E-state index contributed by atoms with van der Waals surface area (Å²) in [4.78, 5) is 10.1. The number of halogens is 1. The van der Waals surface area contributed by atoms with Gasteiger partial charge in [0.15, 0.2) is 11.6 Å². The van der Waals surface area contributed by atoms with Gasteiger partial charge < -0.3 is 10.3 Å². The van der Waals surface area contributed by atoms with Crippen LogP contribution in [0.2, 0.25) is 0 Å². The predicted molar refractivity (Wildman–Crippen MR) is 68.9 cm³/mol. The Bertz CT molecular complexity index is 531. The van der Waals surface area contributed by atoms with E-state index < -0.39 is 0 Å². The van der Waals surface area contributed by atoms with Gasteiger partial charge >= 0.3 is 0 Å². The highest BCUT2D eigenvalue weighted by Gasteiger charge is 2.10. The fourth-order valence-corrected chi connectivity index (χ4v) is 1.68. The van der Waals surface area contributed by atoms with Gasteiger partial charge in [-0.1, -0.05) is 6.07 Å². The molecule has 3 N–H and O–H groups in total. The number of rotatable bonds is 4. The van der Waals surface area contributed by atoms with Crippen molar-refractivity contribution in [1.82, 2.24) is 9.97 Å². The number of benzene rings is 1. The third-order valence-electron chi connectivity index (χ3n) is 2.48. The molecule has 2 aromatic rings. The second kappa shape index (κ2) is 5.42. The van der Waals surface area contributed by atoms with E-state index in [9.17, 15) is 4.39 Å². The summed E-state index contributed by atoms with van der Waals surface area (Å²) in [5.74, 6) is 6.08. The van der Waals surface area contributed by atoms with Gasteiger partial charge in [0, 0.05) is 12.2 Å². The topological polar surface area (TPSA) is 67.1 Å². The van der Waals surface area contributed by atoms with Crippen molar-refractivity contribution in [3.8, 4) is 0 Å². The van der Waals surface area contributed by atoms with Gasteiger partial charge in [0.2, 0.25) is 0 Å². The summed E-state index contributed by atoms with van der Waals surface area (Å²) in [7, 11) is 0. The summed E-state index contributed by atoms with van der Waals surface area (Å²) in [6.07, 6.45) is 3.12. The molecule has 0 spiro atoms. The highest BCUT2D eigenvalue weighted by molar-refractivity contribution is 5.60. The molecule has 0 radical (unpaired) electrons. The molecule has 5 nitrogen and oxygen atoms in total. The number of nitrogen functional groups attached to an aromatic ring is 1. The van der Waals surface area contributed by atoms with Crippen molar-refractivity contribution < 1.29 is 4.39 Å². The molecule has 0 aliphatic carbocycles. The van der Waals surface area contributed by atoms with Crippen molar-refractivity contribution >= 4 is 17.3 Å². The molecule has 0 fully saturated rings. The summed E-state index contributed by atoms with van der Waals surface area (Å²) in [5.41, 5.74) is 3.16. The number of hydrogen-bond acceptors (Lipinski definition) is 5. The van der Waals surface area contributed by atoms with Gasteiger partial charge in [-0.15, -0.1) is 0 Å². The van der Waals surface area contributed by atoms with Crippen LogP contribution in [0.3, 0.4) is 0 Å². The molecule has 6 heteroatoms. The van der Waals surface area contributed by atoms with Gasteiger partial charge in [0.05, 0.1) is 12.4 Å². The normalized spacial score (nSPS) is 10.2. The van der Waals surface area contributed by atoms with E-state index in [1.54, 1.807) is 12.3 Å². The number of nitrogens with zero attached hydrogens (tertiary/aromatic N) is 3. The molecule has 1 aromatic heterocycles. The van der Waals surface area contributed by atoms with E-state index in [1.807, 2.05) is 17.9 Å². The largest absolute Gasteiger partial charge is 0.325 e. The Kier molecular flexibility index (Phi) is 3.69. The smallest absolute Gasteiger partial charge is 0.160 e. The Morgan fingerprint density at radius 2 is 2.22 bits per heavy atom. The van der Waals surface area contributed by atoms with Crippen molar-refractivity contribution in [2.24, 2.45) is 5.84 Å². The molecule has 0 unspecified atom stereocenters. The van der Waals surface area contributed by atoms with Crippen LogP contribution in [0.15, 0.2) is 36.7 Å². The third kappa shape index (κ3) is 2.54. The standard InChI is InChI=1S/C12H14FN5/c1-2-18(10-5-3-4-9(13)6-10)12-8-15-7-11(16-12)17-14/h3-8H,2,14H2,1H3,(H,16,17). The summed E-state index contributed by atoms with van der Waals surface area (Å²) in [6.45, 7) is 2.60. The maximum Gasteiger partial charge on any atom is 0.160 e. The molecule has 0 aliphatic rings. The lowest BCUT2D eigenvalue weighted by molar-refractivity contribution is 0.627. The van der Waals surface area contributed by atoms with E-state index in [0.717, 1.165) is 5.69 Å². The predicted octanol–water partition coefficient (Wildman–Crippen LogP) is 2.06. The van der Waals surface area contributed by atoms with Gasteiger partial charge in [-0.25, -0.2) is 15.2 Å². The van der Waals surface area contributed by atoms with Crippen LogP contribution in [-0.4, -0.2) is 16.5 Å². The van der Waals surface area contributed by atoms with E-state index in [0.29, 0.717) is 18.2 Å². The van der Waals surface area contributed by atoms with E-state index in [-0.39, 0.29) is 5.82 Å². The Balaban J connectivity index is 2.38. The fourth-order valence-electron chi connectivity index (χ4n) is 1.68. The SMILES string of the molecule is CCN(c1cccc(F)c1)c1cncc(NN)n1. The molecule has 94 valence electrons. The van der Waals surface area contributed by atoms with Gasteiger partial charge in [0.1, 0.15) is 5.82 Å². The van der Waals surface area contributed by atoms with E-state index >= 15 is 0 Å². The summed E-state index contributed by atoms with van der Waals surface area (Å²) < 4.78 is 13.2. The maximum atomic E-state index is 13.2. The van der Waals surface area contributed by atoms with Crippen molar-refractivity contribution in [1.29, 1.82) is 0 Å². The molecule has 0 saturated heterocycles.